The lowest BCUT2D eigenvalue weighted by Crippen LogP contribution is -2.50. The molecule has 33 heavy (non-hydrogen) atoms. The zero-order valence-electron chi connectivity index (χ0n) is 18.7. The van der Waals surface area contributed by atoms with Gasteiger partial charge in [-0.05, 0) is 56.3 Å². The third-order valence-electron chi connectivity index (χ3n) is 5.55. The molecule has 0 saturated carbocycles. The van der Waals surface area contributed by atoms with Crippen molar-refractivity contribution in [3.05, 3.63) is 59.9 Å². The first-order valence-corrected chi connectivity index (χ1v) is 11.0. The Morgan fingerprint density at radius 3 is 2.30 bits per heavy atom. The van der Waals surface area contributed by atoms with Gasteiger partial charge in [0.05, 0.1) is 24.4 Å². The van der Waals surface area contributed by atoms with Gasteiger partial charge in [-0.25, -0.2) is 14.2 Å². The van der Waals surface area contributed by atoms with Crippen molar-refractivity contribution in [2.45, 2.75) is 13.8 Å². The number of amides is 2. The van der Waals surface area contributed by atoms with Crippen LogP contribution >= 0.6 is 0 Å². The number of halogens is 1. The molecule has 1 aromatic heterocycles. The SMILES string of the molecule is CCOC(=O)N1CCN(C(=O)c2ccc3nc(-c4ccc(F)cc4)cc(OCC)c3c2)CC1. The molecule has 0 N–H and O–H groups in total. The smallest absolute Gasteiger partial charge is 0.409 e. The van der Waals surface area contributed by atoms with Gasteiger partial charge in [0.2, 0.25) is 0 Å². The standard InChI is InChI=1S/C25H26FN3O4/c1-3-32-23-16-22(17-5-8-19(26)9-6-17)27-21-10-7-18(15-20(21)23)24(30)28-11-13-29(14-12-28)25(31)33-4-2/h5-10,15-16H,3-4,11-14H2,1-2H3. The number of pyridine rings is 1. The molecule has 172 valence electrons. The molecule has 1 saturated heterocycles. The van der Waals surface area contributed by atoms with Crippen molar-refractivity contribution in [3.63, 3.8) is 0 Å². The van der Waals surface area contributed by atoms with E-state index in [1.807, 2.05) is 13.0 Å². The molecule has 2 amide bonds. The second-order valence-electron chi connectivity index (χ2n) is 7.66. The van der Waals surface area contributed by atoms with Crippen LogP contribution in [0.5, 0.6) is 5.75 Å². The molecular weight excluding hydrogens is 425 g/mol. The fourth-order valence-electron chi connectivity index (χ4n) is 3.86. The van der Waals surface area contributed by atoms with Gasteiger partial charge in [-0.3, -0.25) is 4.79 Å². The minimum absolute atomic E-state index is 0.106. The van der Waals surface area contributed by atoms with Crippen LogP contribution in [0.15, 0.2) is 48.5 Å². The molecule has 0 atom stereocenters. The number of benzene rings is 2. The second kappa shape index (κ2) is 9.85. The monoisotopic (exact) mass is 451 g/mol. The Morgan fingerprint density at radius 2 is 1.64 bits per heavy atom. The number of carbonyl (C=O) groups excluding carboxylic acids is 2. The van der Waals surface area contributed by atoms with Crippen LogP contribution in [-0.4, -0.2) is 66.2 Å². The summed E-state index contributed by atoms with van der Waals surface area (Å²) in [6.07, 6.45) is -0.348. The molecule has 1 fully saturated rings. The summed E-state index contributed by atoms with van der Waals surface area (Å²) >= 11 is 0. The first-order valence-electron chi connectivity index (χ1n) is 11.0. The van der Waals surface area contributed by atoms with Gasteiger partial charge in [0, 0.05) is 48.8 Å². The maximum atomic E-state index is 13.3. The first kappa shape index (κ1) is 22.5. The van der Waals surface area contributed by atoms with E-state index in [2.05, 4.69) is 0 Å². The van der Waals surface area contributed by atoms with Crippen LogP contribution in [-0.2, 0) is 4.74 Å². The highest BCUT2D eigenvalue weighted by Crippen LogP contribution is 2.31. The van der Waals surface area contributed by atoms with Crippen LogP contribution < -0.4 is 4.74 Å². The van der Waals surface area contributed by atoms with E-state index in [0.29, 0.717) is 61.9 Å². The van der Waals surface area contributed by atoms with Gasteiger partial charge in [-0.1, -0.05) is 0 Å². The Labute approximate surface area is 191 Å². The number of nitrogens with zero attached hydrogens (tertiary/aromatic N) is 3. The summed E-state index contributed by atoms with van der Waals surface area (Å²) in [5.74, 6) is 0.199. The fourth-order valence-corrected chi connectivity index (χ4v) is 3.86. The minimum Gasteiger partial charge on any atom is -0.493 e. The van der Waals surface area contributed by atoms with E-state index < -0.39 is 0 Å². The zero-order chi connectivity index (χ0) is 23.4. The number of piperazine rings is 1. The number of aromatic nitrogens is 1. The van der Waals surface area contributed by atoms with E-state index in [1.54, 1.807) is 47.1 Å². The Bertz CT molecular complexity index is 1160. The lowest BCUT2D eigenvalue weighted by atomic mass is 10.1. The molecule has 0 unspecified atom stereocenters. The predicted octanol–water partition coefficient (Wildman–Crippen LogP) is 4.35. The van der Waals surface area contributed by atoms with Crippen molar-refractivity contribution in [2.24, 2.45) is 0 Å². The molecule has 2 heterocycles. The molecular formula is C25H26FN3O4. The highest BCUT2D eigenvalue weighted by molar-refractivity contribution is 6.00. The molecule has 4 rings (SSSR count). The molecule has 0 aliphatic carbocycles. The molecule has 8 heteroatoms. The lowest BCUT2D eigenvalue weighted by molar-refractivity contribution is 0.0570. The van der Waals surface area contributed by atoms with Gasteiger partial charge in [-0.15, -0.1) is 0 Å². The quantitative estimate of drug-likeness (QED) is 0.577. The Morgan fingerprint density at radius 1 is 0.939 bits per heavy atom. The lowest BCUT2D eigenvalue weighted by Gasteiger charge is -2.34. The van der Waals surface area contributed by atoms with Crippen LogP contribution in [0.3, 0.4) is 0 Å². The van der Waals surface area contributed by atoms with Crippen LogP contribution in [0.1, 0.15) is 24.2 Å². The third kappa shape index (κ3) is 4.89. The van der Waals surface area contributed by atoms with E-state index in [9.17, 15) is 14.0 Å². The Balaban J connectivity index is 1.59. The molecule has 1 aliphatic heterocycles. The van der Waals surface area contributed by atoms with Gasteiger partial charge in [0.25, 0.3) is 5.91 Å². The van der Waals surface area contributed by atoms with Crippen LogP contribution in [0.4, 0.5) is 9.18 Å². The van der Waals surface area contributed by atoms with Crippen LogP contribution in [0.2, 0.25) is 0 Å². The minimum atomic E-state index is -0.348. The van der Waals surface area contributed by atoms with Crippen molar-refractivity contribution in [1.82, 2.24) is 14.8 Å². The molecule has 2 aromatic carbocycles. The van der Waals surface area contributed by atoms with Crippen molar-refractivity contribution < 1.29 is 23.5 Å². The molecule has 1 aliphatic rings. The molecule has 3 aromatic rings. The molecule has 0 spiro atoms. The predicted molar refractivity (Wildman–Crippen MR) is 123 cm³/mol. The summed E-state index contributed by atoms with van der Waals surface area (Å²) in [7, 11) is 0. The number of rotatable bonds is 5. The maximum absolute atomic E-state index is 13.3. The highest BCUT2D eigenvalue weighted by atomic mass is 19.1. The molecule has 7 nitrogen and oxygen atoms in total. The Hall–Kier alpha value is -3.68. The zero-order valence-corrected chi connectivity index (χ0v) is 18.7. The van der Waals surface area contributed by atoms with Gasteiger partial charge < -0.3 is 19.3 Å². The number of carbonyl (C=O) groups is 2. The van der Waals surface area contributed by atoms with Crippen molar-refractivity contribution in [1.29, 1.82) is 0 Å². The third-order valence-corrected chi connectivity index (χ3v) is 5.55. The second-order valence-corrected chi connectivity index (χ2v) is 7.66. The summed E-state index contributed by atoms with van der Waals surface area (Å²) in [5.41, 5.74) is 2.66. The number of ether oxygens (including phenoxy) is 2. The van der Waals surface area contributed by atoms with Gasteiger partial charge in [0.1, 0.15) is 11.6 Å². The maximum Gasteiger partial charge on any atom is 0.409 e. The number of fused-ring (bicyclic) bond motifs is 1. The summed E-state index contributed by atoms with van der Waals surface area (Å²) in [6.45, 7) is 6.19. The van der Waals surface area contributed by atoms with E-state index in [0.717, 1.165) is 10.9 Å². The van der Waals surface area contributed by atoms with E-state index >= 15 is 0 Å². The summed E-state index contributed by atoms with van der Waals surface area (Å²) in [4.78, 5) is 33.1. The average molecular weight is 451 g/mol. The van der Waals surface area contributed by atoms with E-state index in [-0.39, 0.29) is 17.8 Å². The number of hydrogen-bond donors (Lipinski definition) is 0. The van der Waals surface area contributed by atoms with Crippen molar-refractivity contribution in [3.8, 4) is 17.0 Å². The number of hydrogen-bond acceptors (Lipinski definition) is 5. The van der Waals surface area contributed by atoms with Gasteiger partial charge in [-0.2, -0.15) is 0 Å². The van der Waals surface area contributed by atoms with E-state index in [1.165, 1.54) is 12.1 Å². The van der Waals surface area contributed by atoms with Crippen molar-refractivity contribution in [2.75, 3.05) is 39.4 Å². The topological polar surface area (TPSA) is 72.0 Å². The van der Waals surface area contributed by atoms with Gasteiger partial charge >= 0.3 is 6.09 Å². The molecule has 0 bridgehead atoms. The normalized spacial score (nSPS) is 13.8. The van der Waals surface area contributed by atoms with Crippen molar-refractivity contribution >= 4 is 22.9 Å². The van der Waals surface area contributed by atoms with Gasteiger partial charge in [0.15, 0.2) is 0 Å². The fraction of sp³-hybridized carbons (Fsp3) is 0.320. The summed E-state index contributed by atoms with van der Waals surface area (Å²) in [6, 6.07) is 13.3. The van der Waals surface area contributed by atoms with Crippen LogP contribution in [0, 0.1) is 5.82 Å². The average Bonchev–Trinajstić information content (AvgIpc) is 2.84. The Kier molecular flexibility index (Phi) is 6.72. The van der Waals surface area contributed by atoms with Crippen LogP contribution in [0.25, 0.3) is 22.2 Å². The molecule has 0 radical (unpaired) electrons. The van der Waals surface area contributed by atoms with E-state index in [4.69, 9.17) is 14.5 Å². The largest absolute Gasteiger partial charge is 0.493 e. The first-order chi connectivity index (χ1) is 16.0. The summed E-state index contributed by atoms with van der Waals surface area (Å²) < 4.78 is 24.2. The highest BCUT2D eigenvalue weighted by Gasteiger charge is 2.26. The summed E-state index contributed by atoms with van der Waals surface area (Å²) in [5, 5.41) is 0.735.